The van der Waals surface area contributed by atoms with E-state index in [0.717, 1.165) is 0 Å². The van der Waals surface area contributed by atoms with E-state index in [1.54, 1.807) is 12.3 Å². The normalized spacial score (nSPS) is 9.30. The number of rotatable bonds is 1. The molecule has 0 aliphatic rings. The number of carbonyl (C=O) groups excluding carboxylic acids is 1. The van der Waals surface area contributed by atoms with E-state index in [1.165, 1.54) is 6.20 Å². The fraction of sp³-hybridized carbons (Fsp3) is 0. The number of hydrogen-bond donors (Lipinski definition) is 2. The van der Waals surface area contributed by atoms with Crippen molar-refractivity contribution in [1.82, 2.24) is 4.98 Å². The zero-order valence-corrected chi connectivity index (χ0v) is 6.01. The first kappa shape index (κ1) is 7.08. The van der Waals surface area contributed by atoms with Crippen molar-refractivity contribution in [3.05, 3.63) is 24.0 Å². The Labute approximate surface area is 63.7 Å². The van der Waals surface area contributed by atoms with E-state index in [1.807, 2.05) is 0 Å². The van der Waals surface area contributed by atoms with Crippen LogP contribution in [-0.2, 0) is 0 Å². The summed E-state index contributed by atoms with van der Waals surface area (Å²) in [4.78, 5) is 14.8. The van der Waals surface area contributed by atoms with Gasteiger partial charge >= 0.3 is 0 Å². The van der Waals surface area contributed by atoms with Crippen molar-refractivity contribution in [1.29, 1.82) is 0 Å². The average Bonchev–Trinajstić information content (AvgIpc) is 1.88. The molecule has 0 fully saturated rings. The van der Waals surface area contributed by atoms with E-state index in [0.29, 0.717) is 10.5 Å². The number of amides is 1. The largest absolute Gasteiger partial charge is 0.366 e. The molecule has 1 aromatic rings. The summed E-state index contributed by atoms with van der Waals surface area (Å²) in [5.74, 6) is -0.502. The Hall–Kier alpha value is -1.03. The van der Waals surface area contributed by atoms with Crippen molar-refractivity contribution in [3.63, 3.8) is 0 Å². The molecule has 0 bridgehead atoms. The van der Waals surface area contributed by atoms with Gasteiger partial charge in [0.05, 0.1) is 5.56 Å². The quantitative estimate of drug-likeness (QED) is 0.578. The number of pyridine rings is 1. The predicted octanol–water partition coefficient (Wildman–Crippen LogP) is 0.469. The zero-order chi connectivity index (χ0) is 7.56. The molecule has 1 heterocycles. The van der Waals surface area contributed by atoms with Crippen LogP contribution >= 0.6 is 12.6 Å². The minimum Gasteiger partial charge on any atom is -0.366 e. The van der Waals surface area contributed by atoms with Crippen molar-refractivity contribution >= 4 is 18.5 Å². The van der Waals surface area contributed by atoms with Gasteiger partial charge < -0.3 is 5.73 Å². The highest BCUT2D eigenvalue weighted by Gasteiger charge is 2.02. The number of primary amides is 1. The molecule has 2 N–H and O–H groups in total. The van der Waals surface area contributed by atoms with Gasteiger partial charge in [0.25, 0.3) is 5.91 Å². The Morgan fingerprint density at radius 3 is 2.80 bits per heavy atom. The third-order valence-corrected chi connectivity index (χ3v) is 1.45. The molecule has 0 aliphatic carbocycles. The summed E-state index contributed by atoms with van der Waals surface area (Å²) < 4.78 is 0. The van der Waals surface area contributed by atoms with Crippen molar-refractivity contribution in [3.8, 4) is 0 Å². The first-order valence-corrected chi connectivity index (χ1v) is 3.09. The van der Waals surface area contributed by atoms with Gasteiger partial charge in [-0.3, -0.25) is 9.78 Å². The van der Waals surface area contributed by atoms with Crippen LogP contribution in [0.1, 0.15) is 10.4 Å². The van der Waals surface area contributed by atoms with Crippen LogP contribution in [0.25, 0.3) is 0 Å². The van der Waals surface area contributed by atoms with Crippen LogP contribution in [0.15, 0.2) is 23.4 Å². The van der Waals surface area contributed by atoms with Crippen LogP contribution in [0.4, 0.5) is 0 Å². The number of thiol groups is 1. The van der Waals surface area contributed by atoms with Gasteiger partial charge in [-0.1, -0.05) is 0 Å². The highest BCUT2D eigenvalue weighted by molar-refractivity contribution is 7.80. The molecule has 52 valence electrons. The molecule has 0 radical (unpaired) electrons. The van der Waals surface area contributed by atoms with Crippen LogP contribution in [0.2, 0.25) is 0 Å². The molecule has 1 aromatic heterocycles. The standard InChI is InChI=1S/C6H6N2OS/c7-6(9)4-3-8-2-1-5(4)10/h1-3H,(H2,7,9)(H,8,10). The van der Waals surface area contributed by atoms with Gasteiger partial charge in [0.1, 0.15) is 0 Å². The second-order valence-electron chi connectivity index (χ2n) is 1.76. The summed E-state index contributed by atoms with van der Waals surface area (Å²) in [6.45, 7) is 0. The molecule has 10 heavy (non-hydrogen) atoms. The molecule has 0 aromatic carbocycles. The van der Waals surface area contributed by atoms with Gasteiger partial charge in [0, 0.05) is 17.3 Å². The summed E-state index contributed by atoms with van der Waals surface area (Å²) in [5.41, 5.74) is 5.34. The SMILES string of the molecule is NC(=O)c1cnccc1S. The fourth-order valence-corrected chi connectivity index (χ4v) is 0.812. The Balaban J connectivity index is 3.15. The van der Waals surface area contributed by atoms with Gasteiger partial charge in [-0.2, -0.15) is 0 Å². The Morgan fingerprint density at radius 1 is 1.70 bits per heavy atom. The number of nitrogens with zero attached hydrogens (tertiary/aromatic N) is 1. The number of aromatic nitrogens is 1. The lowest BCUT2D eigenvalue weighted by Crippen LogP contribution is -2.11. The molecule has 0 aliphatic heterocycles. The summed E-state index contributed by atoms with van der Waals surface area (Å²) >= 11 is 4.00. The third kappa shape index (κ3) is 1.27. The number of carbonyl (C=O) groups is 1. The molecule has 0 atom stereocenters. The molecule has 4 heteroatoms. The van der Waals surface area contributed by atoms with E-state index in [-0.39, 0.29) is 0 Å². The Kier molecular flexibility index (Phi) is 1.91. The zero-order valence-electron chi connectivity index (χ0n) is 5.11. The Bertz CT molecular complexity index is 262. The minimum absolute atomic E-state index is 0.353. The maximum absolute atomic E-state index is 10.6. The van der Waals surface area contributed by atoms with Crippen LogP contribution in [-0.4, -0.2) is 10.9 Å². The summed E-state index contributed by atoms with van der Waals surface area (Å²) in [6, 6.07) is 1.61. The predicted molar refractivity (Wildman–Crippen MR) is 40.0 cm³/mol. The molecular formula is C6H6N2OS. The molecule has 0 saturated carbocycles. The van der Waals surface area contributed by atoms with Gasteiger partial charge in [0.2, 0.25) is 0 Å². The number of hydrogen-bond acceptors (Lipinski definition) is 3. The molecule has 3 nitrogen and oxygen atoms in total. The molecular weight excluding hydrogens is 148 g/mol. The second-order valence-corrected chi connectivity index (χ2v) is 2.24. The molecule has 1 amide bonds. The van der Waals surface area contributed by atoms with E-state index >= 15 is 0 Å². The first-order valence-electron chi connectivity index (χ1n) is 2.64. The highest BCUT2D eigenvalue weighted by Crippen LogP contribution is 2.09. The second kappa shape index (κ2) is 2.70. The van der Waals surface area contributed by atoms with Crippen molar-refractivity contribution in [2.45, 2.75) is 4.90 Å². The number of nitrogens with two attached hydrogens (primary N) is 1. The first-order chi connectivity index (χ1) is 4.72. The van der Waals surface area contributed by atoms with Crippen LogP contribution in [0.5, 0.6) is 0 Å². The third-order valence-electron chi connectivity index (χ3n) is 1.06. The van der Waals surface area contributed by atoms with Crippen molar-refractivity contribution in [2.24, 2.45) is 5.73 Å². The van der Waals surface area contributed by atoms with Crippen LogP contribution in [0, 0.1) is 0 Å². The van der Waals surface area contributed by atoms with Crippen molar-refractivity contribution < 1.29 is 4.79 Å². The lowest BCUT2D eigenvalue weighted by Gasteiger charge is -1.95. The smallest absolute Gasteiger partial charge is 0.251 e. The minimum atomic E-state index is -0.502. The van der Waals surface area contributed by atoms with Gasteiger partial charge in [0.15, 0.2) is 0 Å². The lowest BCUT2D eigenvalue weighted by atomic mass is 10.3. The van der Waals surface area contributed by atoms with E-state index in [2.05, 4.69) is 17.6 Å². The monoisotopic (exact) mass is 154 g/mol. The average molecular weight is 154 g/mol. The van der Waals surface area contributed by atoms with Crippen LogP contribution < -0.4 is 5.73 Å². The van der Waals surface area contributed by atoms with Crippen LogP contribution in [0.3, 0.4) is 0 Å². The van der Waals surface area contributed by atoms with Crippen molar-refractivity contribution in [2.75, 3.05) is 0 Å². The van der Waals surface area contributed by atoms with Gasteiger partial charge in [-0.15, -0.1) is 12.6 Å². The van der Waals surface area contributed by atoms with E-state index in [9.17, 15) is 4.79 Å². The maximum Gasteiger partial charge on any atom is 0.251 e. The molecule has 0 unspecified atom stereocenters. The lowest BCUT2D eigenvalue weighted by molar-refractivity contribution is 0.0997. The summed E-state index contributed by atoms with van der Waals surface area (Å²) in [5, 5.41) is 0. The van der Waals surface area contributed by atoms with Gasteiger partial charge in [-0.25, -0.2) is 0 Å². The highest BCUT2D eigenvalue weighted by atomic mass is 32.1. The Morgan fingerprint density at radius 2 is 2.40 bits per heavy atom. The molecule has 1 rings (SSSR count). The van der Waals surface area contributed by atoms with E-state index in [4.69, 9.17) is 5.73 Å². The summed E-state index contributed by atoms with van der Waals surface area (Å²) in [6.07, 6.45) is 2.94. The fourth-order valence-electron chi connectivity index (χ4n) is 0.577. The molecule has 0 saturated heterocycles. The van der Waals surface area contributed by atoms with Gasteiger partial charge in [-0.05, 0) is 6.07 Å². The molecule has 0 spiro atoms. The maximum atomic E-state index is 10.6. The topological polar surface area (TPSA) is 56.0 Å². The summed E-state index contributed by atoms with van der Waals surface area (Å²) in [7, 11) is 0. The van der Waals surface area contributed by atoms with E-state index < -0.39 is 5.91 Å².